The molecule has 1 atom stereocenters. The summed E-state index contributed by atoms with van der Waals surface area (Å²) in [4.78, 5) is 0. The number of rotatable bonds is 9. The first-order valence-corrected chi connectivity index (χ1v) is 8.12. The van der Waals surface area contributed by atoms with Crippen molar-refractivity contribution in [3.05, 3.63) is 46.5 Å². The van der Waals surface area contributed by atoms with Crippen molar-refractivity contribution in [2.24, 2.45) is 0 Å². The average Bonchev–Trinajstić information content (AvgIpc) is 2.43. The highest BCUT2D eigenvalue weighted by atomic mass is 79.9. The van der Waals surface area contributed by atoms with Crippen LogP contribution < -0.4 is 0 Å². The van der Waals surface area contributed by atoms with Crippen molar-refractivity contribution in [2.45, 2.75) is 58.0 Å². The van der Waals surface area contributed by atoms with E-state index in [1.165, 1.54) is 38.5 Å². The Morgan fingerprint density at radius 1 is 1.11 bits per heavy atom. The highest BCUT2D eigenvalue weighted by molar-refractivity contribution is 9.11. The predicted octanol–water partition coefficient (Wildman–Crippen LogP) is 5.75. The van der Waals surface area contributed by atoms with Gasteiger partial charge in [-0.2, -0.15) is 0 Å². The Hall–Kier alpha value is -0.600. The van der Waals surface area contributed by atoms with Gasteiger partial charge in [-0.3, -0.25) is 0 Å². The number of halogens is 1. The monoisotopic (exact) mass is 324 g/mol. The van der Waals surface area contributed by atoms with Gasteiger partial charge in [-0.25, -0.2) is 0 Å². The Morgan fingerprint density at radius 3 is 2.42 bits per heavy atom. The van der Waals surface area contributed by atoms with E-state index in [2.05, 4.69) is 22.9 Å². The highest BCUT2D eigenvalue weighted by Gasteiger charge is 2.04. The fourth-order valence-corrected chi connectivity index (χ4v) is 2.61. The van der Waals surface area contributed by atoms with E-state index >= 15 is 0 Å². The molecule has 0 aliphatic rings. The van der Waals surface area contributed by atoms with E-state index in [0.717, 1.165) is 16.5 Å². The maximum atomic E-state index is 10.1. The second-order valence-electron chi connectivity index (χ2n) is 4.99. The van der Waals surface area contributed by atoms with Crippen molar-refractivity contribution in [1.82, 2.24) is 0 Å². The lowest BCUT2D eigenvalue weighted by atomic mass is 10.1. The summed E-state index contributed by atoms with van der Waals surface area (Å²) in [6.45, 7) is 2.24. The first-order chi connectivity index (χ1) is 9.24. The number of unbranched alkanes of at least 4 members (excludes halogenated alkanes) is 5. The molecule has 1 rings (SSSR count). The molecular weight excluding hydrogens is 300 g/mol. The van der Waals surface area contributed by atoms with E-state index in [4.69, 9.17) is 0 Å². The number of hydrogen-bond donors (Lipinski definition) is 1. The van der Waals surface area contributed by atoms with Gasteiger partial charge in [-0.15, -0.1) is 0 Å². The quantitative estimate of drug-likeness (QED) is 0.573. The number of benzene rings is 1. The second-order valence-corrected chi connectivity index (χ2v) is 6.01. The minimum atomic E-state index is -0.504. The molecule has 1 nitrogen and oxygen atoms in total. The van der Waals surface area contributed by atoms with Crippen LogP contribution in [-0.4, -0.2) is 5.11 Å². The summed E-state index contributed by atoms with van der Waals surface area (Å²) in [5.74, 6) is 0. The third kappa shape index (κ3) is 7.54. The van der Waals surface area contributed by atoms with Crippen LogP contribution >= 0.6 is 15.9 Å². The number of allylic oxidation sites excluding steroid dienone is 1. The van der Waals surface area contributed by atoms with Crippen molar-refractivity contribution in [3.8, 4) is 0 Å². The van der Waals surface area contributed by atoms with Crippen LogP contribution in [0, 0.1) is 0 Å². The Labute approximate surface area is 125 Å². The number of aliphatic hydroxyl groups excluding tert-OH is 1. The molecule has 0 aliphatic heterocycles. The molecule has 0 spiro atoms. The van der Waals surface area contributed by atoms with E-state index < -0.39 is 6.10 Å². The van der Waals surface area contributed by atoms with Gasteiger partial charge >= 0.3 is 0 Å². The van der Waals surface area contributed by atoms with E-state index in [1.54, 1.807) is 0 Å². The molecule has 1 N–H and O–H groups in total. The fraction of sp³-hybridized carbons (Fsp3) is 0.529. The van der Waals surface area contributed by atoms with Crippen LogP contribution in [0.4, 0.5) is 0 Å². The minimum Gasteiger partial charge on any atom is -0.384 e. The summed E-state index contributed by atoms with van der Waals surface area (Å²) in [5.41, 5.74) is 0.947. The maximum Gasteiger partial charge on any atom is 0.0982 e. The lowest BCUT2D eigenvalue weighted by Crippen LogP contribution is -1.93. The Balaban J connectivity index is 2.25. The molecule has 0 radical (unpaired) electrons. The first kappa shape index (κ1) is 16.5. The van der Waals surface area contributed by atoms with Crippen LogP contribution in [0.25, 0.3) is 0 Å². The average molecular weight is 325 g/mol. The lowest BCUT2D eigenvalue weighted by molar-refractivity contribution is 0.228. The Morgan fingerprint density at radius 2 is 1.74 bits per heavy atom. The molecule has 0 fully saturated rings. The van der Waals surface area contributed by atoms with Gasteiger partial charge in [0.25, 0.3) is 0 Å². The molecule has 0 aliphatic carbocycles. The standard InChI is InChI=1S/C17H25BrO/c1-2-3-4-5-6-10-13-16(18)14-17(19)15-11-8-7-9-12-15/h7-9,11-12,14,17,19H,2-6,10,13H2,1H3/b16-14-. The van der Waals surface area contributed by atoms with Crippen LogP contribution in [0.1, 0.15) is 63.5 Å². The van der Waals surface area contributed by atoms with Gasteiger partial charge in [-0.1, -0.05) is 85.3 Å². The molecule has 0 aromatic heterocycles. The van der Waals surface area contributed by atoms with Crippen LogP contribution in [0.3, 0.4) is 0 Å². The van der Waals surface area contributed by atoms with Crippen LogP contribution in [0.5, 0.6) is 0 Å². The Bertz CT molecular complexity index is 359. The number of aliphatic hydroxyl groups is 1. The van der Waals surface area contributed by atoms with Gasteiger partial charge in [0.1, 0.15) is 0 Å². The SMILES string of the molecule is CCCCCCCC/C(Br)=C/C(O)c1ccccc1. The molecule has 19 heavy (non-hydrogen) atoms. The van der Waals surface area contributed by atoms with Gasteiger partial charge in [-0.05, 0) is 29.0 Å². The molecule has 2 heteroatoms. The van der Waals surface area contributed by atoms with Crippen LogP contribution in [-0.2, 0) is 0 Å². The van der Waals surface area contributed by atoms with Crippen molar-refractivity contribution in [1.29, 1.82) is 0 Å². The van der Waals surface area contributed by atoms with Gasteiger partial charge in [0.05, 0.1) is 6.10 Å². The van der Waals surface area contributed by atoms with E-state index in [1.807, 2.05) is 36.4 Å². The van der Waals surface area contributed by atoms with Gasteiger partial charge in [0, 0.05) is 0 Å². The van der Waals surface area contributed by atoms with Crippen LogP contribution in [0.15, 0.2) is 40.9 Å². The minimum absolute atomic E-state index is 0.504. The molecule has 1 aromatic carbocycles. The van der Waals surface area contributed by atoms with Crippen molar-refractivity contribution >= 4 is 15.9 Å². The summed E-state index contributed by atoms with van der Waals surface area (Å²) in [5, 5.41) is 10.1. The molecule has 0 bridgehead atoms. The zero-order valence-electron chi connectivity index (χ0n) is 11.8. The molecule has 0 saturated carbocycles. The number of hydrogen-bond acceptors (Lipinski definition) is 1. The summed E-state index contributed by atoms with van der Waals surface area (Å²) >= 11 is 3.56. The molecule has 0 saturated heterocycles. The third-order valence-electron chi connectivity index (χ3n) is 3.25. The van der Waals surface area contributed by atoms with Gasteiger partial charge < -0.3 is 5.11 Å². The third-order valence-corrected chi connectivity index (χ3v) is 3.91. The summed E-state index contributed by atoms with van der Waals surface area (Å²) in [6.07, 6.45) is 10.2. The maximum absolute atomic E-state index is 10.1. The molecule has 1 aromatic rings. The van der Waals surface area contributed by atoms with Crippen LogP contribution in [0.2, 0.25) is 0 Å². The smallest absolute Gasteiger partial charge is 0.0982 e. The topological polar surface area (TPSA) is 20.2 Å². The summed E-state index contributed by atoms with van der Waals surface area (Å²) in [6, 6.07) is 9.77. The van der Waals surface area contributed by atoms with Crippen molar-refractivity contribution in [3.63, 3.8) is 0 Å². The van der Waals surface area contributed by atoms with E-state index in [-0.39, 0.29) is 0 Å². The van der Waals surface area contributed by atoms with E-state index in [0.29, 0.717) is 0 Å². The predicted molar refractivity (Wildman–Crippen MR) is 86.4 cm³/mol. The molecule has 0 amide bonds. The zero-order valence-corrected chi connectivity index (χ0v) is 13.4. The van der Waals surface area contributed by atoms with E-state index in [9.17, 15) is 5.11 Å². The van der Waals surface area contributed by atoms with Crippen molar-refractivity contribution in [2.75, 3.05) is 0 Å². The molecular formula is C17H25BrO. The fourth-order valence-electron chi connectivity index (χ4n) is 2.08. The molecule has 1 unspecified atom stereocenters. The molecule has 0 heterocycles. The second kappa shape index (κ2) is 10.2. The summed E-state index contributed by atoms with van der Waals surface area (Å²) < 4.78 is 1.11. The largest absolute Gasteiger partial charge is 0.384 e. The van der Waals surface area contributed by atoms with Gasteiger partial charge in [0.15, 0.2) is 0 Å². The first-order valence-electron chi connectivity index (χ1n) is 7.33. The normalized spacial score (nSPS) is 13.5. The highest BCUT2D eigenvalue weighted by Crippen LogP contribution is 2.22. The van der Waals surface area contributed by atoms with Gasteiger partial charge in [0.2, 0.25) is 0 Å². The Kier molecular flexibility index (Phi) is 8.85. The van der Waals surface area contributed by atoms with Crippen molar-refractivity contribution < 1.29 is 5.11 Å². The zero-order chi connectivity index (χ0) is 13.9. The summed E-state index contributed by atoms with van der Waals surface area (Å²) in [7, 11) is 0. The molecule has 106 valence electrons. The lowest BCUT2D eigenvalue weighted by Gasteiger charge is -2.07.